The molecule has 4 nitrogen and oxygen atoms in total. The van der Waals surface area contributed by atoms with Gasteiger partial charge in [-0.15, -0.1) is 0 Å². The van der Waals surface area contributed by atoms with Crippen molar-refractivity contribution in [2.24, 2.45) is 0 Å². The summed E-state index contributed by atoms with van der Waals surface area (Å²) < 4.78 is 1.77. The fourth-order valence-corrected chi connectivity index (χ4v) is 1.49. The summed E-state index contributed by atoms with van der Waals surface area (Å²) >= 11 is 0. The lowest BCUT2D eigenvalue weighted by Gasteiger charge is -2.00. The lowest BCUT2D eigenvalue weighted by Crippen LogP contribution is -1.99. The van der Waals surface area contributed by atoms with Crippen molar-refractivity contribution >= 4 is 12.0 Å². The van der Waals surface area contributed by atoms with Crippen LogP contribution in [-0.2, 0) is 11.3 Å². The van der Waals surface area contributed by atoms with Gasteiger partial charge < -0.3 is 5.11 Å². The maximum Gasteiger partial charge on any atom is 0.328 e. The summed E-state index contributed by atoms with van der Waals surface area (Å²) in [5.74, 6) is -0.958. The van der Waals surface area contributed by atoms with E-state index < -0.39 is 5.97 Å². The van der Waals surface area contributed by atoms with Gasteiger partial charge in [0.25, 0.3) is 0 Å². The van der Waals surface area contributed by atoms with Crippen LogP contribution in [0.3, 0.4) is 0 Å². The van der Waals surface area contributed by atoms with E-state index in [1.54, 1.807) is 10.9 Å². The van der Waals surface area contributed by atoms with Crippen LogP contribution in [0.4, 0.5) is 0 Å². The Labute approximate surface area is 98.8 Å². The van der Waals surface area contributed by atoms with Crippen LogP contribution in [0.25, 0.3) is 6.08 Å². The minimum atomic E-state index is -0.958. The van der Waals surface area contributed by atoms with Crippen LogP contribution >= 0.6 is 0 Å². The maximum absolute atomic E-state index is 10.4. The molecule has 0 fully saturated rings. The number of aliphatic carboxylic acids is 1. The topological polar surface area (TPSA) is 55.1 Å². The Morgan fingerprint density at radius 1 is 1.35 bits per heavy atom. The Morgan fingerprint density at radius 3 is 2.82 bits per heavy atom. The molecule has 0 saturated heterocycles. The Balaban J connectivity index is 2.06. The van der Waals surface area contributed by atoms with E-state index in [1.807, 2.05) is 36.5 Å². The number of carboxylic acid groups (broad SMARTS) is 1. The first-order valence-electron chi connectivity index (χ1n) is 5.21. The molecule has 86 valence electrons. The Kier molecular flexibility index (Phi) is 3.35. The average Bonchev–Trinajstić information content (AvgIpc) is 2.75. The molecule has 0 bridgehead atoms. The minimum Gasteiger partial charge on any atom is -0.478 e. The van der Waals surface area contributed by atoms with Crippen LogP contribution in [0, 0.1) is 0 Å². The molecule has 2 rings (SSSR count). The molecule has 0 spiro atoms. The zero-order valence-electron chi connectivity index (χ0n) is 9.15. The van der Waals surface area contributed by atoms with Crippen molar-refractivity contribution in [2.45, 2.75) is 6.54 Å². The van der Waals surface area contributed by atoms with Gasteiger partial charge in [0.1, 0.15) is 0 Å². The highest BCUT2D eigenvalue weighted by molar-refractivity contribution is 5.85. The van der Waals surface area contributed by atoms with E-state index in [1.165, 1.54) is 6.08 Å². The van der Waals surface area contributed by atoms with Gasteiger partial charge in [0.2, 0.25) is 0 Å². The van der Waals surface area contributed by atoms with E-state index in [0.717, 1.165) is 17.2 Å². The quantitative estimate of drug-likeness (QED) is 0.814. The molecule has 0 unspecified atom stereocenters. The van der Waals surface area contributed by atoms with Gasteiger partial charge >= 0.3 is 5.97 Å². The Morgan fingerprint density at radius 2 is 2.12 bits per heavy atom. The molecule has 0 atom stereocenters. The number of rotatable bonds is 4. The van der Waals surface area contributed by atoms with E-state index in [2.05, 4.69) is 5.10 Å². The second-order valence-corrected chi connectivity index (χ2v) is 3.63. The highest BCUT2D eigenvalue weighted by Crippen LogP contribution is 2.05. The molecule has 0 amide bonds. The molecule has 0 saturated carbocycles. The largest absolute Gasteiger partial charge is 0.478 e. The third-order valence-electron chi connectivity index (χ3n) is 2.26. The van der Waals surface area contributed by atoms with E-state index in [0.29, 0.717) is 6.54 Å². The van der Waals surface area contributed by atoms with Crippen molar-refractivity contribution < 1.29 is 9.90 Å². The van der Waals surface area contributed by atoms with Crippen molar-refractivity contribution in [3.63, 3.8) is 0 Å². The number of carbonyl (C=O) groups is 1. The van der Waals surface area contributed by atoms with Crippen LogP contribution in [-0.4, -0.2) is 20.9 Å². The molecule has 2 aromatic rings. The molecular weight excluding hydrogens is 216 g/mol. The van der Waals surface area contributed by atoms with Gasteiger partial charge in [0.05, 0.1) is 12.7 Å². The molecule has 1 aromatic carbocycles. The summed E-state index contributed by atoms with van der Waals surface area (Å²) in [5, 5.41) is 12.7. The number of carboxylic acids is 1. The SMILES string of the molecule is O=C(O)C=Cc1cnn(Cc2ccccc2)c1. The minimum absolute atomic E-state index is 0.682. The number of benzene rings is 1. The summed E-state index contributed by atoms with van der Waals surface area (Å²) in [4.78, 5) is 10.4. The summed E-state index contributed by atoms with van der Waals surface area (Å²) in [6.07, 6.45) is 6.08. The van der Waals surface area contributed by atoms with Gasteiger partial charge in [-0.2, -0.15) is 5.10 Å². The maximum atomic E-state index is 10.4. The summed E-state index contributed by atoms with van der Waals surface area (Å²) in [7, 11) is 0. The second kappa shape index (κ2) is 5.12. The van der Waals surface area contributed by atoms with Gasteiger partial charge in [-0.05, 0) is 11.6 Å². The third kappa shape index (κ3) is 3.31. The fourth-order valence-electron chi connectivity index (χ4n) is 1.49. The van der Waals surface area contributed by atoms with Crippen molar-refractivity contribution in [3.8, 4) is 0 Å². The summed E-state index contributed by atoms with van der Waals surface area (Å²) in [6.45, 7) is 0.682. The first kappa shape index (κ1) is 11.1. The zero-order valence-corrected chi connectivity index (χ0v) is 9.15. The van der Waals surface area contributed by atoms with Crippen LogP contribution in [0.15, 0.2) is 48.8 Å². The van der Waals surface area contributed by atoms with Crippen molar-refractivity contribution in [1.82, 2.24) is 9.78 Å². The average molecular weight is 228 g/mol. The molecule has 1 aromatic heterocycles. The number of hydrogen-bond acceptors (Lipinski definition) is 2. The molecule has 0 radical (unpaired) electrons. The third-order valence-corrected chi connectivity index (χ3v) is 2.26. The molecule has 0 aliphatic rings. The standard InChI is InChI=1S/C13H12N2O2/c16-13(17)7-6-12-8-14-15(10-12)9-11-4-2-1-3-5-11/h1-8,10H,9H2,(H,16,17). The van der Waals surface area contributed by atoms with E-state index in [4.69, 9.17) is 5.11 Å². The fraction of sp³-hybridized carbons (Fsp3) is 0.0769. The van der Waals surface area contributed by atoms with E-state index >= 15 is 0 Å². The molecule has 0 aliphatic heterocycles. The van der Waals surface area contributed by atoms with Gasteiger partial charge in [-0.1, -0.05) is 30.3 Å². The predicted octanol–water partition coefficient (Wildman–Crippen LogP) is 2.03. The zero-order chi connectivity index (χ0) is 12.1. The second-order valence-electron chi connectivity index (χ2n) is 3.63. The predicted molar refractivity (Wildman–Crippen MR) is 64.4 cm³/mol. The van der Waals surface area contributed by atoms with E-state index in [9.17, 15) is 4.79 Å². The van der Waals surface area contributed by atoms with Crippen molar-refractivity contribution in [2.75, 3.05) is 0 Å². The lowest BCUT2D eigenvalue weighted by molar-refractivity contribution is -0.131. The lowest BCUT2D eigenvalue weighted by atomic mass is 10.2. The first-order chi connectivity index (χ1) is 8.24. The van der Waals surface area contributed by atoms with Crippen LogP contribution in [0.1, 0.15) is 11.1 Å². The van der Waals surface area contributed by atoms with Gasteiger partial charge in [0.15, 0.2) is 0 Å². The Hall–Kier alpha value is -2.36. The first-order valence-corrected chi connectivity index (χ1v) is 5.21. The summed E-state index contributed by atoms with van der Waals surface area (Å²) in [6, 6.07) is 9.96. The summed E-state index contributed by atoms with van der Waals surface area (Å²) in [5.41, 5.74) is 1.94. The highest BCUT2D eigenvalue weighted by Gasteiger charge is 1.97. The smallest absolute Gasteiger partial charge is 0.328 e. The van der Waals surface area contributed by atoms with Crippen LogP contribution in [0.2, 0.25) is 0 Å². The van der Waals surface area contributed by atoms with Gasteiger partial charge in [-0.25, -0.2) is 4.79 Å². The monoisotopic (exact) mass is 228 g/mol. The van der Waals surface area contributed by atoms with Gasteiger partial charge in [0, 0.05) is 17.8 Å². The molecule has 1 N–H and O–H groups in total. The molecule has 4 heteroatoms. The number of aromatic nitrogens is 2. The van der Waals surface area contributed by atoms with Crippen LogP contribution in [0.5, 0.6) is 0 Å². The molecule has 17 heavy (non-hydrogen) atoms. The number of nitrogens with zero attached hydrogens (tertiary/aromatic N) is 2. The Bertz CT molecular complexity index is 529. The van der Waals surface area contributed by atoms with Crippen molar-refractivity contribution in [1.29, 1.82) is 0 Å². The van der Waals surface area contributed by atoms with E-state index in [-0.39, 0.29) is 0 Å². The van der Waals surface area contributed by atoms with Crippen LogP contribution < -0.4 is 0 Å². The number of hydrogen-bond donors (Lipinski definition) is 1. The normalized spacial score (nSPS) is 10.8. The molecular formula is C13H12N2O2. The molecule has 0 aliphatic carbocycles. The molecule has 1 heterocycles. The van der Waals surface area contributed by atoms with Crippen molar-refractivity contribution in [3.05, 3.63) is 59.9 Å². The highest BCUT2D eigenvalue weighted by atomic mass is 16.4. The van der Waals surface area contributed by atoms with Gasteiger partial charge in [-0.3, -0.25) is 4.68 Å².